The number of carbonyl (C=O) groups excluding carboxylic acids is 2. The topological polar surface area (TPSA) is 71.1 Å². The summed E-state index contributed by atoms with van der Waals surface area (Å²) in [5, 5.41) is 0. The van der Waals surface area contributed by atoms with Gasteiger partial charge in [-0.3, -0.25) is 9.59 Å². The van der Waals surface area contributed by atoms with Crippen molar-refractivity contribution in [3.63, 3.8) is 0 Å². The summed E-state index contributed by atoms with van der Waals surface area (Å²) in [4.78, 5) is 26.0. The predicted molar refractivity (Wildman–Crippen MR) is 118 cm³/mol. The van der Waals surface area contributed by atoms with Crippen LogP contribution in [0.1, 0.15) is 53.7 Å². The van der Waals surface area contributed by atoms with Gasteiger partial charge in [0, 0.05) is 10.9 Å². The smallest absolute Gasteiger partial charge is 0.311 e. The fraction of sp³-hybridized carbons (Fsp3) is 0.391. The maximum Gasteiger partial charge on any atom is 0.311 e. The molecule has 2 rings (SSSR count). The Kier molecular flexibility index (Phi) is 8.29. The van der Waals surface area contributed by atoms with Gasteiger partial charge in [0.25, 0.3) is 0 Å². The van der Waals surface area contributed by atoms with Gasteiger partial charge in [0.1, 0.15) is 5.75 Å². The molecule has 0 aromatic heterocycles. The third-order valence-corrected chi connectivity index (χ3v) is 5.47. The molecular weight excluding hydrogens is 452 g/mol. The Morgan fingerprint density at radius 2 is 1.63 bits per heavy atom. The molecule has 0 bridgehead atoms. The lowest BCUT2D eigenvalue weighted by Crippen LogP contribution is -2.16. The molecule has 0 unspecified atom stereocenters. The molecule has 0 saturated heterocycles. The van der Waals surface area contributed by atoms with Crippen LogP contribution in [0, 0.1) is 13.8 Å². The second-order valence-corrected chi connectivity index (χ2v) is 7.54. The molecule has 6 nitrogen and oxygen atoms in total. The summed E-state index contributed by atoms with van der Waals surface area (Å²) in [7, 11) is 3.01. The highest BCUT2D eigenvalue weighted by Gasteiger charge is 2.29. The lowest BCUT2D eigenvalue weighted by Gasteiger charge is -2.20. The quantitative estimate of drug-likeness (QED) is 0.272. The van der Waals surface area contributed by atoms with Crippen molar-refractivity contribution >= 4 is 27.7 Å². The van der Waals surface area contributed by atoms with E-state index in [4.69, 9.17) is 18.9 Å². The summed E-state index contributed by atoms with van der Waals surface area (Å²) in [5.74, 6) is 0.330. The van der Waals surface area contributed by atoms with Crippen LogP contribution in [-0.4, -0.2) is 32.6 Å². The van der Waals surface area contributed by atoms with Crippen LogP contribution < -0.4 is 18.9 Å². The molecule has 2 aromatic rings. The fourth-order valence-corrected chi connectivity index (χ4v) is 3.37. The second-order valence-electron chi connectivity index (χ2n) is 6.68. The predicted octanol–water partition coefficient (Wildman–Crippen LogP) is 5.42. The number of benzene rings is 2. The molecule has 2 aromatic carbocycles. The van der Waals surface area contributed by atoms with Gasteiger partial charge in [0.05, 0.1) is 32.0 Å². The molecule has 0 N–H and O–H groups in total. The number of rotatable bonds is 9. The van der Waals surface area contributed by atoms with E-state index in [0.717, 1.165) is 16.5 Å². The van der Waals surface area contributed by atoms with Crippen molar-refractivity contribution in [3.8, 4) is 23.0 Å². The van der Waals surface area contributed by atoms with Crippen molar-refractivity contribution in [1.82, 2.24) is 0 Å². The summed E-state index contributed by atoms with van der Waals surface area (Å²) in [6, 6.07) is 5.25. The van der Waals surface area contributed by atoms with E-state index in [1.807, 2.05) is 19.9 Å². The highest BCUT2D eigenvalue weighted by atomic mass is 79.9. The number of ether oxygens (including phenoxy) is 4. The molecule has 0 radical (unpaired) electrons. The average molecular weight is 479 g/mol. The van der Waals surface area contributed by atoms with E-state index in [1.165, 1.54) is 14.2 Å². The zero-order valence-electron chi connectivity index (χ0n) is 18.2. The molecule has 0 atom stereocenters. The lowest BCUT2D eigenvalue weighted by atomic mass is 9.93. The highest BCUT2D eigenvalue weighted by molar-refractivity contribution is 9.10. The number of halogens is 1. The molecule has 0 aliphatic rings. The van der Waals surface area contributed by atoms with Gasteiger partial charge >= 0.3 is 5.97 Å². The largest absolute Gasteiger partial charge is 0.496 e. The van der Waals surface area contributed by atoms with Gasteiger partial charge in [-0.2, -0.15) is 0 Å². The van der Waals surface area contributed by atoms with E-state index < -0.39 is 5.97 Å². The molecule has 0 aliphatic carbocycles. The van der Waals surface area contributed by atoms with Crippen molar-refractivity contribution < 1.29 is 28.5 Å². The van der Waals surface area contributed by atoms with Gasteiger partial charge in [-0.15, -0.1) is 0 Å². The summed E-state index contributed by atoms with van der Waals surface area (Å²) in [5.41, 5.74) is 1.94. The summed E-state index contributed by atoms with van der Waals surface area (Å²) in [6.45, 7) is 7.61. The van der Waals surface area contributed by atoms with E-state index >= 15 is 0 Å². The Labute approximate surface area is 185 Å². The first-order valence-corrected chi connectivity index (χ1v) is 10.5. The van der Waals surface area contributed by atoms with Crippen LogP contribution in [-0.2, 0) is 4.79 Å². The summed E-state index contributed by atoms with van der Waals surface area (Å²) >= 11 is 3.47. The van der Waals surface area contributed by atoms with E-state index in [-0.39, 0.29) is 29.3 Å². The monoisotopic (exact) mass is 478 g/mol. The highest BCUT2D eigenvalue weighted by Crippen LogP contribution is 2.44. The van der Waals surface area contributed by atoms with Crippen molar-refractivity contribution in [2.45, 2.75) is 40.5 Å². The Hall–Kier alpha value is -2.54. The minimum atomic E-state index is -0.476. The van der Waals surface area contributed by atoms with Gasteiger partial charge in [-0.05, 0) is 49.6 Å². The summed E-state index contributed by atoms with van der Waals surface area (Å²) < 4.78 is 23.1. The zero-order valence-corrected chi connectivity index (χ0v) is 19.8. The Morgan fingerprint density at radius 3 is 2.20 bits per heavy atom. The van der Waals surface area contributed by atoms with Gasteiger partial charge in [-0.25, -0.2) is 0 Å². The molecule has 162 valence electrons. The molecule has 0 aliphatic heterocycles. The third kappa shape index (κ3) is 4.78. The van der Waals surface area contributed by atoms with Gasteiger partial charge in [-0.1, -0.05) is 29.8 Å². The Balaban J connectivity index is 2.82. The van der Waals surface area contributed by atoms with Crippen LogP contribution in [0.3, 0.4) is 0 Å². The van der Waals surface area contributed by atoms with Crippen molar-refractivity contribution in [1.29, 1.82) is 0 Å². The zero-order chi connectivity index (χ0) is 22.4. The lowest BCUT2D eigenvalue weighted by molar-refractivity contribution is -0.134. The van der Waals surface area contributed by atoms with Crippen LogP contribution in [0.15, 0.2) is 22.7 Å². The SMILES string of the molecule is CCCOc1c(OC)cc(C)c(C(=O)c2c(OC)ccc(Br)c2C)c1OC(=O)CC. The number of methoxy groups -OCH3 is 2. The Morgan fingerprint density at radius 1 is 0.967 bits per heavy atom. The second kappa shape index (κ2) is 10.5. The van der Waals surface area contributed by atoms with E-state index in [0.29, 0.717) is 29.2 Å². The normalized spacial score (nSPS) is 10.5. The first-order valence-electron chi connectivity index (χ1n) is 9.73. The van der Waals surface area contributed by atoms with Crippen LogP contribution >= 0.6 is 15.9 Å². The molecule has 0 fully saturated rings. The first kappa shape index (κ1) is 23.7. The van der Waals surface area contributed by atoms with Crippen molar-refractivity contribution in [2.24, 2.45) is 0 Å². The van der Waals surface area contributed by atoms with Gasteiger partial charge in [0.15, 0.2) is 11.5 Å². The van der Waals surface area contributed by atoms with Crippen LogP contribution in [0.4, 0.5) is 0 Å². The fourth-order valence-electron chi connectivity index (χ4n) is 3.04. The van der Waals surface area contributed by atoms with Crippen LogP contribution in [0.2, 0.25) is 0 Å². The Bertz CT molecular complexity index is 951. The molecule has 30 heavy (non-hydrogen) atoms. The minimum absolute atomic E-state index is 0.0681. The van der Waals surface area contributed by atoms with Crippen molar-refractivity contribution in [3.05, 3.63) is 44.9 Å². The number of hydrogen-bond donors (Lipinski definition) is 0. The molecule has 0 saturated carbocycles. The van der Waals surface area contributed by atoms with Crippen molar-refractivity contribution in [2.75, 3.05) is 20.8 Å². The average Bonchev–Trinajstić information content (AvgIpc) is 2.73. The molecule has 7 heteroatoms. The third-order valence-electron chi connectivity index (χ3n) is 4.61. The van der Waals surface area contributed by atoms with Gasteiger partial charge in [0.2, 0.25) is 11.5 Å². The maximum atomic E-state index is 13.7. The number of esters is 1. The number of carbonyl (C=O) groups is 2. The molecular formula is C23H27BrO6. The molecule has 0 amide bonds. The van der Waals surface area contributed by atoms with Gasteiger partial charge < -0.3 is 18.9 Å². The number of ketones is 1. The van der Waals surface area contributed by atoms with Crippen LogP contribution in [0.5, 0.6) is 23.0 Å². The molecule has 0 spiro atoms. The maximum absolute atomic E-state index is 13.7. The molecule has 0 heterocycles. The number of hydrogen-bond acceptors (Lipinski definition) is 6. The van der Waals surface area contributed by atoms with E-state index in [2.05, 4.69) is 15.9 Å². The van der Waals surface area contributed by atoms with E-state index in [1.54, 1.807) is 26.0 Å². The van der Waals surface area contributed by atoms with E-state index in [9.17, 15) is 9.59 Å². The summed E-state index contributed by atoms with van der Waals surface area (Å²) in [6.07, 6.45) is 0.885. The number of aryl methyl sites for hydroxylation is 1. The van der Waals surface area contributed by atoms with Crippen LogP contribution in [0.25, 0.3) is 0 Å². The minimum Gasteiger partial charge on any atom is -0.496 e. The first-order chi connectivity index (χ1) is 14.3. The standard InChI is InChI=1S/C23H27BrO6/c1-7-11-29-22-17(28-6)12-13(3)19(23(22)30-18(25)8-2)21(26)20-14(4)15(24)9-10-16(20)27-5/h9-10,12H,7-8,11H2,1-6H3.